The van der Waals surface area contributed by atoms with Gasteiger partial charge in [-0.3, -0.25) is 5.01 Å². The molecule has 4 atom stereocenters. The SMILES string of the molecule is CC/C=C(/C(C)CC)N(CCCC[C@@H](CCC)N(N=O)C1CCN(CC)CC1)CC(C)(CCC)CCC(C)CC. The Kier molecular flexibility index (Phi) is 19.1. The highest BCUT2D eigenvalue weighted by atomic mass is 16.3. The molecule has 1 heterocycles. The van der Waals surface area contributed by atoms with E-state index in [1.165, 1.54) is 51.5 Å². The highest BCUT2D eigenvalue weighted by Gasteiger charge is 2.30. The van der Waals surface area contributed by atoms with Gasteiger partial charge in [-0.25, -0.2) is 0 Å². The van der Waals surface area contributed by atoms with Crippen LogP contribution in [0.4, 0.5) is 0 Å². The van der Waals surface area contributed by atoms with Gasteiger partial charge in [0.2, 0.25) is 0 Å². The summed E-state index contributed by atoms with van der Waals surface area (Å²) in [6, 6.07) is 0.605. The first-order valence-corrected chi connectivity index (χ1v) is 17.5. The Hall–Kier alpha value is -1.10. The predicted octanol–water partition coefficient (Wildman–Crippen LogP) is 10.1. The maximum absolute atomic E-state index is 12.1. The van der Waals surface area contributed by atoms with Crippen LogP contribution < -0.4 is 0 Å². The molecular formula is C35H70N4O. The number of likely N-dealkylation sites (tertiary alicyclic amines) is 1. The maximum atomic E-state index is 12.1. The number of hydrogen-bond donors (Lipinski definition) is 0. The molecule has 1 rings (SSSR count). The van der Waals surface area contributed by atoms with Gasteiger partial charge >= 0.3 is 0 Å². The van der Waals surface area contributed by atoms with E-state index in [1.807, 2.05) is 5.01 Å². The molecule has 1 fully saturated rings. The minimum atomic E-state index is 0.287. The number of nitrogens with zero attached hydrogens (tertiary/aromatic N) is 4. The lowest BCUT2D eigenvalue weighted by molar-refractivity contribution is 0.0661. The number of allylic oxidation sites excluding steroid dienone is 2. The van der Waals surface area contributed by atoms with E-state index >= 15 is 0 Å². The second kappa shape index (κ2) is 20.7. The van der Waals surface area contributed by atoms with Crippen molar-refractivity contribution < 1.29 is 0 Å². The molecule has 0 bridgehead atoms. The molecule has 40 heavy (non-hydrogen) atoms. The van der Waals surface area contributed by atoms with Crippen LogP contribution in [0, 0.1) is 22.2 Å². The van der Waals surface area contributed by atoms with Crippen molar-refractivity contribution in [1.29, 1.82) is 0 Å². The molecule has 1 aliphatic heterocycles. The molecular weight excluding hydrogens is 492 g/mol. The molecule has 0 spiro atoms. The topological polar surface area (TPSA) is 39.1 Å². The van der Waals surface area contributed by atoms with E-state index in [1.54, 1.807) is 5.70 Å². The van der Waals surface area contributed by atoms with Crippen LogP contribution in [0.1, 0.15) is 152 Å². The summed E-state index contributed by atoms with van der Waals surface area (Å²) in [7, 11) is 0. The van der Waals surface area contributed by atoms with Gasteiger partial charge in [-0.1, -0.05) is 94.1 Å². The molecule has 1 aliphatic rings. The summed E-state index contributed by atoms with van der Waals surface area (Å²) in [5, 5.41) is 5.63. The van der Waals surface area contributed by atoms with Crippen molar-refractivity contribution in [2.45, 2.75) is 164 Å². The van der Waals surface area contributed by atoms with Crippen molar-refractivity contribution in [3.8, 4) is 0 Å². The highest BCUT2D eigenvalue weighted by molar-refractivity contribution is 5.06. The van der Waals surface area contributed by atoms with Gasteiger partial charge in [0.05, 0.1) is 17.4 Å². The Labute approximate surface area is 250 Å². The van der Waals surface area contributed by atoms with E-state index in [-0.39, 0.29) is 6.04 Å². The van der Waals surface area contributed by atoms with E-state index in [4.69, 9.17) is 0 Å². The maximum Gasteiger partial charge on any atom is 0.0530 e. The van der Waals surface area contributed by atoms with Crippen molar-refractivity contribution in [2.75, 3.05) is 32.7 Å². The third-order valence-corrected chi connectivity index (χ3v) is 9.94. The molecule has 0 aliphatic carbocycles. The van der Waals surface area contributed by atoms with E-state index < -0.39 is 0 Å². The first-order valence-electron chi connectivity index (χ1n) is 17.5. The molecule has 1 saturated heterocycles. The molecule has 0 radical (unpaired) electrons. The van der Waals surface area contributed by atoms with Gasteiger partial charge in [0.25, 0.3) is 0 Å². The van der Waals surface area contributed by atoms with Gasteiger partial charge in [-0.2, -0.15) is 0 Å². The number of piperidine rings is 1. The third-order valence-electron chi connectivity index (χ3n) is 9.94. The van der Waals surface area contributed by atoms with Crippen LogP contribution in [-0.4, -0.2) is 59.6 Å². The Morgan fingerprint density at radius 3 is 2.17 bits per heavy atom. The Balaban J connectivity index is 2.96. The highest BCUT2D eigenvalue weighted by Crippen LogP contribution is 2.35. The van der Waals surface area contributed by atoms with Crippen LogP contribution in [0.2, 0.25) is 0 Å². The van der Waals surface area contributed by atoms with Crippen LogP contribution in [-0.2, 0) is 0 Å². The average Bonchev–Trinajstić information content (AvgIpc) is 2.96. The zero-order chi connectivity index (χ0) is 30.0. The quantitative estimate of drug-likeness (QED) is 0.0705. The molecule has 5 heteroatoms. The smallest absolute Gasteiger partial charge is 0.0530 e. The van der Waals surface area contributed by atoms with Gasteiger partial charge in [0, 0.05) is 31.9 Å². The second-order valence-corrected chi connectivity index (χ2v) is 13.4. The van der Waals surface area contributed by atoms with Gasteiger partial charge in [0.1, 0.15) is 0 Å². The fraction of sp³-hybridized carbons (Fsp3) is 0.943. The molecule has 0 saturated carbocycles. The summed E-state index contributed by atoms with van der Waals surface area (Å²) in [4.78, 5) is 17.4. The largest absolute Gasteiger partial charge is 0.374 e. The van der Waals surface area contributed by atoms with Crippen LogP contribution >= 0.6 is 0 Å². The third kappa shape index (κ3) is 12.8. The van der Waals surface area contributed by atoms with E-state index in [0.29, 0.717) is 17.4 Å². The van der Waals surface area contributed by atoms with E-state index in [0.717, 1.165) is 77.0 Å². The van der Waals surface area contributed by atoms with Crippen LogP contribution in [0.3, 0.4) is 0 Å². The molecule has 5 nitrogen and oxygen atoms in total. The number of hydrogen-bond acceptors (Lipinski definition) is 4. The molecule has 0 N–H and O–H groups in total. The van der Waals surface area contributed by atoms with Gasteiger partial charge < -0.3 is 9.80 Å². The number of rotatable bonds is 23. The average molecular weight is 563 g/mol. The van der Waals surface area contributed by atoms with E-state index in [9.17, 15) is 4.91 Å². The second-order valence-electron chi connectivity index (χ2n) is 13.4. The lowest BCUT2D eigenvalue weighted by Crippen LogP contribution is -2.46. The minimum Gasteiger partial charge on any atom is -0.374 e. The van der Waals surface area contributed by atoms with E-state index in [2.05, 4.69) is 83.5 Å². The zero-order valence-corrected chi connectivity index (χ0v) is 28.5. The van der Waals surface area contributed by atoms with Crippen LogP contribution in [0.25, 0.3) is 0 Å². The molecule has 3 unspecified atom stereocenters. The van der Waals surface area contributed by atoms with Crippen molar-refractivity contribution in [3.63, 3.8) is 0 Å². The van der Waals surface area contributed by atoms with Gasteiger partial charge in [-0.15, -0.1) is 4.91 Å². The predicted molar refractivity (Wildman–Crippen MR) is 176 cm³/mol. The van der Waals surface area contributed by atoms with Crippen molar-refractivity contribution in [1.82, 2.24) is 14.8 Å². The number of nitroso groups, excluding NO2 is 1. The zero-order valence-electron chi connectivity index (χ0n) is 28.5. The Morgan fingerprint density at radius 1 is 0.950 bits per heavy atom. The molecule has 0 aromatic rings. The summed E-state index contributed by atoms with van der Waals surface area (Å²) in [5.41, 5.74) is 1.93. The summed E-state index contributed by atoms with van der Waals surface area (Å²) in [6.45, 7) is 26.8. The molecule has 0 amide bonds. The number of unbranched alkanes of at least 4 members (excludes halogenated alkanes) is 1. The van der Waals surface area contributed by atoms with Gasteiger partial charge in [-0.05, 0) is 88.0 Å². The Morgan fingerprint density at radius 2 is 1.65 bits per heavy atom. The first kappa shape index (κ1) is 36.9. The van der Waals surface area contributed by atoms with Crippen molar-refractivity contribution >= 4 is 0 Å². The lowest BCUT2D eigenvalue weighted by Gasteiger charge is -2.41. The molecule has 0 aromatic carbocycles. The Bertz CT molecular complexity index is 674. The fourth-order valence-electron chi connectivity index (χ4n) is 6.86. The molecule has 236 valence electrons. The lowest BCUT2D eigenvalue weighted by atomic mass is 9.78. The minimum absolute atomic E-state index is 0.287. The normalized spacial score (nSPS) is 19.2. The fourth-order valence-corrected chi connectivity index (χ4v) is 6.86. The summed E-state index contributed by atoms with van der Waals surface area (Å²) < 4.78 is 0. The summed E-state index contributed by atoms with van der Waals surface area (Å²) in [5.74, 6) is 1.40. The standard InChI is InChI=1S/C35H70N4O/c1-10-18-32(39(36-40)33-22-27-37(15-6)28-23-33)20-16-17-26-38(34(19-11-2)31(8)14-5)29-35(9,24-12-3)25-21-30(7)13-4/h19,30-33H,10-18,20-29H2,1-9H3/b34-19-/t30?,31?,32-,35?/m1/s1. The van der Waals surface area contributed by atoms with Crippen molar-refractivity contribution in [2.24, 2.45) is 22.5 Å². The van der Waals surface area contributed by atoms with Crippen LogP contribution in [0.5, 0.6) is 0 Å². The van der Waals surface area contributed by atoms with Gasteiger partial charge in [0.15, 0.2) is 0 Å². The monoisotopic (exact) mass is 563 g/mol. The van der Waals surface area contributed by atoms with Crippen LogP contribution in [0.15, 0.2) is 17.1 Å². The summed E-state index contributed by atoms with van der Waals surface area (Å²) in [6.07, 6.45) is 19.0. The first-order chi connectivity index (χ1) is 19.2. The molecule has 0 aromatic heterocycles. The van der Waals surface area contributed by atoms with Crippen molar-refractivity contribution in [3.05, 3.63) is 16.7 Å². The summed E-state index contributed by atoms with van der Waals surface area (Å²) >= 11 is 0.